The zero-order valence-electron chi connectivity index (χ0n) is 10.8. The summed E-state index contributed by atoms with van der Waals surface area (Å²) in [6.07, 6.45) is 1.95. The number of aryl methyl sites for hydroxylation is 1. The van der Waals surface area contributed by atoms with Gasteiger partial charge < -0.3 is 9.84 Å². The highest BCUT2D eigenvalue weighted by atomic mass is 16.5. The van der Waals surface area contributed by atoms with Gasteiger partial charge in [-0.25, -0.2) is 14.8 Å². The maximum Gasteiger partial charge on any atom is 0.354 e. The van der Waals surface area contributed by atoms with Crippen LogP contribution in [0.25, 0.3) is 0 Å². The topological polar surface area (TPSA) is 72.3 Å². The summed E-state index contributed by atoms with van der Waals surface area (Å²) in [5.41, 5.74) is 2.05. The van der Waals surface area contributed by atoms with Crippen LogP contribution in [0.5, 0.6) is 5.75 Å². The number of carbonyl (C=O) groups is 1. The molecule has 5 heteroatoms. The van der Waals surface area contributed by atoms with Gasteiger partial charge in [0.1, 0.15) is 11.6 Å². The van der Waals surface area contributed by atoms with Gasteiger partial charge in [0.25, 0.3) is 0 Å². The number of carboxylic acid groups (broad SMARTS) is 1. The van der Waals surface area contributed by atoms with Crippen LogP contribution in [-0.4, -0.2) is 28.2 Å². The summed E-state index contributed by atoms with van der Waals surface area (Å²) in [4.78, 5) is 18.9. The van der Waals surface area contributed by atoms with Crippen LogP contribution < -0.4 is 4.74 Å². The van der Waals surface area contributed by atoms with Crippen molar-refractivity contribution in [1.29, 1.82) is 0 Å². The van der Waals surface area contributed by atoms with Gasteiger partial charge in [0.05, 0.1) is 7.11 Å². The zero-order valence-corrected chi connectivity index (χ0v) is 10.8. The molecule has 0 aliphatic carbocycles. The average Bonchev–Trinajstić information content (AvgIpc) is 2.39. The Balaban J connectivity index is 2.23. The number of aromatic carboxylic acids is 1. The molecule has 0 saturated carbocycles. The lowest BCUT2D eigenvalue weighted by atomic mass is 10.1. The van der Waals surface area contributed by atoms with Crippen molar-refractivity contribution in [3.8, 4) is 5.75 Å². The van der Waals surface area contributed by atoms with Gasteiger partial charge in [-0.15, -0.1) is 0 Å². The molecule has 0 amide bonds. The van der Waals surface area contributed by atoms with E-state index < -0.39 is 5.97 Å². The fourth-order valence-electron chi connectivity index (χ4n) is 1.84. The lowest BCUT2D eigenvalue weighted by molar-refractivity contribution is 0.0690. The fourth-order valence-corrected chi connectivity index (χ4v) is 1.84. The minimum atomic E-state index is -1.05. The summed E-state index contributed by atoms with van der Waals surface area (Å²) >= 11 is 0. The Bertz CT molecular complexity index is 611. The molecular formula is C14H14N2O3. The average molecular weight is 258 g/mol. The lowest BCUT2D eigenvalue weighted by Crippen LogP contribution is -2.05. The number of ether oxygens (including phenoxy) is 1. The molecule has 2 aromatic rings. The molecule has 0 fully saturated rings. The SMILES string of the molecule is COc1ccc(Cc2nccc(C(=O)O)n2)cc1C. The maximum absolute atomic E-state index is 10.8. The van der Waals surface area contributed by atoms with Gasteiger partial charge in [-0.3, -0.25) is 0 Å². The third-order valence-corrected chi connectivity index (χ3v) is 2.75. The summed E-state index contributed by atoms with van der Waals surface area (Å²) < 4.78 is 5.19. The van der Waals surface area contributed by atoms with E-state index in [0.717, 1.165) is 16.9 Å². The van der Waals surface area contributed by atoms with Crippen LogP contribution in [0, 0.1) is 6.92 Å². The molecule has 0 unspecified atom stereocenters. The highest BCUT2D eigenvalue weighted by Gasteiger charge is 2.07. The highest BCUT2D eigenvalue weighted by Crippen LogP contribution is 2.19. The minimum Gasteiger partial charge on any atom is -0.496 e. The van der Waals surface area contributed by atoms with Crippen LogP contribution in [0.2, 0.25) is 0 Å². The first-order chi connectivity index (χ1) is 9.10. The van der Waals surface area contributed by atoms with Gasteiger partial charge in [0.15, 0.2) is 5.69 Å². The van der Waals surface area contributed by atoms with E-state index in [4.69, 9.17) is 9.84 Å². The first-order valence-electron chi connectivity index (χ1n) is 5.79. The van der Waals surface area contributed by atoms with Gasteiger partial charge >= 0.3 is 5.97 Å². The Hall–Kier alpha value is -2.43. The molecule has 0 atom stereocenters. The molecule has 1 heterocycles. The number of hydrogen-bond acceptors (Lipinski definition) is 4. The van der Waals surface area contributed by atoms with Crippen molar-refractivity contribution in [2.45, 2.75) is 13.3 Å². The molecule has 1 aromatic heterocycles. The number of rotatable bonds is 4. The summed E-state index contributed by atoms with van der Waals surface area (Å²) in [7, 11) is 1.63. The van der Waals surface area contributed by atoms with Crippen LogP contribution in [0.3, 0.4) is 0 Å². The monoisotopic (exact) mass is 258 g/mol. The molecule has 0 radical (unpaired) electrons. The normalized spacial score (nSPS) is 10.2. The second-order valence-electron chi connectivity index (χ2n) is 4.14. The molecule has 0 aliphatic rings. The Labute approximate surface area is 110 Å². The predicted molar refractivity (Wildman–Crippen MR) is 69.5 cm³/mol. The number of carboxylic acids is 1. The number of benzene rings is 1. The van der Waals surface area contributed by atoms with Crippen molar-refractivity contribution in [1.82, 2.24) is 9.97 Å². The smallest absolute Gasteiger partial charge is 0.354 e. The van der Waals surface area contributed by atoms with Crippen molar-refractivity contribution in [2.75, 3.05) is 7.11 Å². The van der Waals surface area contributed by atoms with E-state index in [1.165, 1.54) is 12.3 Å². The third kappa shape index (κ3) is 3.07. The van der Waals surface area contributed by atoms with Crippen LogP contribution in [0.15, 0.2) is 30.5 Å². The quantitative estimate of drug-likeness (QED) is 0.909. The summed E-state index contributed by atoms with van der Waals surface area (Å²) in [6, 6.07) is 7.16. The predicted octanol–water partition coefficient (Wildman–Crippen LogP) is 2.08. The first kappa shape index (κ1) is 13.0. The Morgan fingerprint density at radius 3 is 2.79 bits per heavy atom. The van der Waals surface area contributed by atoms with E-state index in [1.54, 1.807) is 7.11 Å². The van der Waals surface area contributed by atoms with E-state index in [0.29, 0.717) is 12.2 Å². The van der Waals surface area contributed by atoms with E-state index in [-0.39, 0.29) is 5.69 Å². The minimum absolute atomic E-state index is 0.00948. The zero-order chi connectivity index (χ0) is 13.8. The molecule has 19 heavy (non-hydrogen) atoms. The van der Waals surface area contributed by atoms with Crippen LogP contribution in [0.1, 0.15) is 27.4 Å². The third-order valence-electron chi connectivity index (χ3n) is 2.75. The second-order valence-corrected chi connectivity index (χ2v) is 4.14. The molecule has 5 nitrogen and oxygen atoms in total. The Morgan fingerprint density at radius 1 is 1.37 bits per heavy atom. The number of methoxy groups -OCH3 is 1. The molecule has 0 bridgehead atoms. The van der Waals surface area contributed by atoms with Crippen LogP contribution in [-0.2, 0) is 6.42 Å². The molecule has 1 aromatic carbocycles. The first-order valence-corrected chi connectivity index (χ1v) is 5.79. The van der Waals surface area contributed by atoms with Crippen LogP contribution >= 0.6 is 0 Å². The summed E-state index contributed by atoms with van der Waals surface area (Å²) in [6.45, 7) is 1.96. The van der Waals surface area contributed by atoms with Crippen LogP contribution in [0.4, 0.5) is 0 Å². The van der Waals surface area contributed by atoms with Crippen molar-refractivity contribution < 1.29 is 14.6 Å². The standard InChI is InChI=1S/C14H14N2O3/c1-9-7-10(3-4-12(9)19-2)8-13-15-6-5-11(16-13)14(17)18/h3-7H,8H2,1-2H3,(H,17,18). The number of hydrogen-bond donors (Lipinski definition) is 1. The second kappa shape index (κ2) is 5.48. The van der Waals surface area contributed by atoms with Gasteiger partial charge in [-0.05, 0) is 30.2 Å². The molecule has 1 N–H and O–H groups in total. The molecule has 0 aliphatic heterocycles. The highest BCUT2D eigenvalue weighted by molar-refractivity contribution is 5.85. The van der Waals surface area contributed by atoms with E-state index in [9.17, 15) is 4.79 Å². The molecular weight excluding hydrogens is 244 g/mol. The molecule has 0 spiro atoms. The van der Waals surface area contributed by atoms with Gasteiger partial charge in [-0.2, -0.15) is 0 Å². The largest absolute Gasteiger partial charge is 0.496 e. The number of nitrogens with zero attached hydrogens (tertiary/aromatic N) is 2. The molecule has 0 saturated heterocycles. The fraction of sp³-hybridized carbons (Fsp3) is 0.214. The van der Waals surface area contributed by atoms with E-state index >= 15 is 0 Å². The Morgan fingerprint density at radius 2 is 2.16 bits per heavy atom. The summed E-state index contributed by atoms with van der Waals surface area (Å²) in [5, 5.41) is 8.88. The van der Waals surface area contributed by atoms with E-state index in [1.807, 2.05) is 25.1 Å². The molecule has 98 valence electrons. The van der Waals surface area contributed by atoms with E-state index in [2.05, 4.69) is 9.97 Å². The maximum atomic E-state index is 10.8. The van der Waals surface area contributed by atoms with Crippen molar-refractivity contribution in [3.05, 3.63) is 53.1 Å². The van der Waals surface area contributed by atoms with Gasteiger partial charge in [-0.1, -0.05) is 12.1 Å². The summed E-state index contributed by atoms with van der Waals surface area (Å²) in [5.74, 6) is 0.267. The van der Waals surface area contributed by atoms with Crippen molar-refractivity contribution >= 4 is 5.97 Å². The molecule has 2 rings (SSSR count). The van der Waals surface area contributed by atoms with Gasteiger partial charge in [0.2, 0.25) is 0 Å². The van der Waals surface area contributed by atoms with Crippen molar-refractivity contribution in [2.24, 2.45) is 0 Å². The van der Waals surface area contributed by atoms with Gasteiger partial charge in [0, 0.05) is 12.6 Å². The lowest BCUT2D eigenvalue weighted by Gasteiger charge is -2.07. The van der Waals surface area contributed by atoms with Crippen molar-refractivity contribution in [3.63, 3.8) is 0 Å². The Kier molecular flexibility index (Phi) is 3.75. The number of aromatic nitrogens is 2.